The number of hydrogen-bond acceptors (Lipinski definition) is 5. The predicted molar refractivity (Wildman–Crippen MR) is 111 cm³/mol. The zero-order valence-corrected chi connectivity index (χ0v) is 16.2. The van der Waals surface area contributed by atoms with Crippen molar-refractivity contribution in [2.45, 2.75) is 25.3 Å². The maximum absolute atomic E-state index is 13.9. The molecule has 1 atom stereocenters. The van der Waals surface area contributed by atoms with E-state index < -0.39 is 0 Å². The number of aliphatic imine (C=N–C) groups is 1. The summed E-state index contributed by atoms with van der Waals surface area (Å²) in [4.78, 5) is 14.7. The summed E-state index contributed by atoms with van der Waals surface area (Å²) in [7, 11) is 1.77. The third-order valence-corrected chi connectivity index (χ3v) is 4.66. The zero-order valence-electron chi connectivity index (χ0n) is 16.2. The Balaban J connectivity index is 1.33. The average Bonchev–Trinajstić information content (AvgIpc) is 3.19. The van der Waals surface area contributed by atoms with Gasteiger partial charge in [0.05, 0.1) is 0 Å². The highest BCUT2D eigenvalue weighted by molar-refractivity contribution is 5.80. The average molecular weight is 385 g/mol. The zero-order chi connectivity index (χ0) is 19.6. The van der Waals surface area contributed by atoms with E-state index in [1.54, 1.807) is 25.5 Å². The molecule has 1 unspecified atom stereocenters. The Morgan fingerprint density at radius 1 is 1.18 bits per heavy atom. The predicted octanol–water partition coefficient (Wildman–Crippen LogP) is 2.25. The lowest BCUT2D eigenvalue weighted by Gasteiger charge is -2.20. The molecule has 1 aliphatic rings. The highest BCUT2D eigenvalue weighted by Gasteiger charge is 2.25. The number of nitrogens with one attached hydrogen (secondary N) is 3. The molecule has 1 saturated heterocycles. The van der Waals surface area contributed by atoms with Crippen molar-refractivity contribution < 1.29 is 4.39 Å². The van der Waals surface area contributed by atoms with Crippen LogP contribution in [0.5, 0.6) is 0 Å². The first-order valence-corrected chi connectivity index (χ1v) is 9.74. The third kappa shape index (κ3) is 5.80. The van der Waals surface area contributed by atoms with Crippen LogP contribution >= 0.6 is 0 Å². The molecule has 0 radical (unpaired) electrons. The Bertz CT molecular complexity index is 753. The highest BCUT2D eigenvalue weighted by Crippen LogP contribution is 2.20. The standard InChI is InChI=1S/C20H28FN7/c1-22-20(26-12-5-4-11-24-18-8-2-3-10-23-18)27-16-9-14-28(15-16)19-17(21)7-6-13-25-19/h2-3,6-8,10,13,16H,4-5,9,11-12,14-15H2,1H3,(H,23,24)(H2,22,26,27). The van der Waals surface area contributed by atoms with Gasteiger partial charge in [0, 0.05) is 51.7 Å². The summed E-state index contributed by atoms with van der Waals surface area (Å²) in [6, 6.07) is 9.13. The summed E-state index contributed by atoms with van der Waals surface area (Å²) in [5.41, 5.74) is 0. The van der Waals surface area contributed by atoms with E-state index in [9.17, 15) is 4.39 Å². The number of pyridine rings is 2. The quantitative estimate of drug-likeness (QED) is 0.368. The van der Waals surface area contributed by atoms with Crippen molar-refractivity contribution in [3.8, 4) is 0 Å². The molecule has 0 amide bonds. The van der Waals surface area contributed by atoms with Crippen LogP contribution in [0.25, 0.3) is 0 Å². The number of anilines is 2. The molecule has 8 heteroatoms. The number of guanidine groups is 1. The van der Waals surface area contributed by atoms with Crippen molar-refractivity contribution in [2.24, 2.45) is 4.99 Å². The van der Waals surface area contributed by atoms with Crippen LogP contribution in [0.3, 0.4) is 0 Å². The van der Waals surface area contributed by atoms with Crippen molar-refractivity contribution in [3.63, 3.8) is 0 Å². The summed E-state index contributed by atoms with van der Waals surface area (Å²) in [5.74, 6) is 1.84. The van der Waals surface area contributed by atoms with Crippen molar-refractivity contribution in [1.29, 1.82) is 0 Å². The fourth-order valence-corrected chi connectivity index (χ4v) is 3.21. The highest BCUT2D eigenvalue weighted by atomic mass is 19.1. The van der Waals surface area contributed by atoms with Gasteiger partial charge in [0.2, 0.25) is 0 Å². The van der Waals surface area contributed by atoms with E-state index in [0.29, 0.717) is 12.4 Å². The van der Waals surface area contributed by atoms with Crippen molar-refractivity contribution >= 4 is 17.6 Å². The van der Waals surface area contributed by atoms with E-state index in [2.05, 4.69) is 30.9 Å². The van der Waals surface area contributed by atoms with Gasteiger partial charge in [0.25, 0.3) is 0 Å². The summed E-state index contributed by atoms with van der Waals surface area (Å²) in [6.07, 6.45) is 6.40. The minimum atomic E-state index is -0.273. The van der Waals surface area contributed by atoms with E-state index in [-0.39, 0.29) is 11.9 Å². The van der Waals surface area contributed by atoms with Gasteiger partial charge in [-0.25, -0.2) is 14.4 Å². The van der Waals surface area contributed by atoms with E-state index in [4.69, 9.17) is 0 Å². The van der Waals surface area contributed by atoms with Gasteiger partial charge in [-0.2, -0.15) is 0 Å². The van der Waals surface area contributed by atoms with E-state index in [1.807, 2.05) is 23.1 Å². The first-order chi connectivity index (χ1) is 13.8. The van der Waals surface area contributed by atoms with Crippen molar-refractivity contribution in [3.05, 3.63) is 48.5 Å². The van der Waals surface area contributed by atoms with Crippen LogP contribution in [-0.2, 0) is 0 Å². The Labute approximate surface area is 165 Å². The second-order valence-corrected chi connectivity index (χ2v) is 6.73. The molecule has 0 aliphatic carbocycles. The number of hydrogen-bond donors (Lipinski definition) is 3. The molecule has 0 saturated carbocycles. The molecule has 0 aromatic carbocycles. The van der Waals surface area contributed by atoms with Crippen LogP contribution in [0.1, 0.15) is 19.3 Å². The van der Waals surface area contributed by atoms with E-state index >= 15 is 0 Å². The molecule has 2 aromatic heterocycles. The molecule has 7 nitrogen and oxygen atoms in total. The molecule has 150 valence electrons. The van der Waals surface area contributed by atoms with Gasteiger partial charge in [-0.05, 0) is 43.5 Å². The fraction of sp³-hybridized carbons (Fsp3) is 0.450. The number of nitrogens with zero attached hydrogens (tertiary/aromatic N) is 4. The summed E-state index contributed by atoms with van der Waals surface area (Å²) in [6.45, 7) is 3.22. The molecule has 3 rings (SSSR count). The summed E-state index contributed by atoms with van der Waals surface area (Å²) < 4.78 is 13.9. The van der Waals surface area contributed by atoms with Gasteiger partial charge in [-0.1, -0.05) is 6.07 Å². The fourth-order valence-electron chi connectivity index (χ4n) is 3.21. The number of rotatable bonds is 8. The first-order valence-electron chi connectivity index (χ1n) is 9.74. The Kier molecular flexibility index (Phi) is 7.40. The molecule has 0 bridgehead atoms. The Hall–Kier alpha value is -2.90. The van der Waals surface area contributed by atoms with Crippen LogP contribution in [0.2, 0.25) is 0 Å². The lowest BCUT2D eigenvalue weighted by atomic mass is 10.2. The minimum absolute atomic E-state index is 0.221. The summed E-state index contributed by atoms with van der Waals surface area (Å²) >= 11 is 0. The number of halogens is 1. The van der Waals surface area contributed by atoms with Gasteiger partial charge < -0.3 is 20.9 Å². The van der Waals surface area contributed by atoms with Crippen molar-refractivity contribution in [1.82, 2.24) is 20.6 Å². The Morgan fingerprint density at radius 2 is 2.04 bits per heavy atom. The number of unbranched alkanes of at least 4 members (excludes halogenated alkanes) is 1. The Morgan fingerprint density at radius 3 is 2.82 bits per heavy atom. The van der Waals surface area contributed by atoms with Gasteiger partial charge in [0.1, 0.15) is 5.82 Å². The van der Waals surface area contributed by atoms with Gasteiger partial charge in [0.15, 0.2) is 17.6 Å². The van der Waals surface area contributed by atoms with Crippen LogP contribution in [0, 0.1) is 5.82 Å². The van der Waals surface area contributed by atoms with Crippen LogP contribution in [0.15, 0.2) is 47.7 Å². The van der Waals surface area contributed by atoms with Gasteiger partial charge >= 0.3 is 0 Å². The van der Waals surface area contributed by atoms with Crippen LogP contribution in [-0.4, -0.2) is 55.2 Å². The molecule has 0 spiro atoms. The van der Waals surface area contributed by atoms with Crippen LogP contribution < -0.4 is 20.9 Å². The molecular formula is C20H28FN7. The first kappa shape index (κ1) is 19.9. The molecule has 3 heterocycles. The molecule has 28 heavy (non-hydrogen) atoms. The molecule has 1 fully saturated rings. The smallest absolute Gasteiger partial charge is 0.191 e. The molecule has 3 N–H and O–H groups in total. The van der Waals surface area contributed by atoms with E-state index in [1.165, 1.54) is 6.07 Å². The maximum atomic E-state index is 13.9. The SMILES string of the molecule is CN=C(NCCCCNc1ccccn1)NC1CCN(c2ncccc2F)C1. The van der Waals surface area contributed by atoms with E-state index in [0.717, 1.165) is 50.7 Å². The monoisotopic (exact) mass is 385 g/mol. The minimum Gasteiger partial charge on any atom is -0.370 e. The second-order valence-electron chi connectivity index (χ2n) is 6.73. The largest absolute Gasteiger partial charge is 0.370 e. The number of aromatic nitrogens is 2. The summed E-state index contributed by atoms with van der Waals surface area (Å²) in [5, 5.41) is 10.1. The lowest BCUT2D eigenvalue weighted by molar-refractivity contribution is 0.612. The van der Waals surface area contributed by atoms with Crippen LogP contribution in [0.4, 0.5) is 16.0 Å². The second kappa shape index (κ2) is 10.4. The maximum Gasteiger partial charge on any atom is 0.191 e. The third-order valence-electron chi connectivity index (χ3n) is 4.66. The topological polar surface area (TPSA) is 77.5 Å². The molecule has 2 aromatic rings. The van der Waals surface area contributed by atoms with Gasteiger partial charge in [-0.15, -0.1) is 0 Å². The van der Waals surface area contributed by atoms with Crippen molar-refractivity contribution in [2.75, 3.05) is 43.4 Å². The molecular weight excluding hydrogens is 357 g/mol. The molecule has 1 aliphatic heterocycles. The normalized spacial score (nSPS) is 16.9. The van der Waals surface area contributed by atoms with Gasteiger partial charge in [-0.3, -0.25) is 4.99 Å². The lowest BCUT2D eigenvalue weighted by Crippen LogP contribution is -2.45.